The molecule has 5 heteroatoms. The predicted octanol–water partition coefficient (Wildman–Crippen LogP) is 1.28. The van der Waals surface area contributed by atoms with Gasteiger partial charge in [0.1, 0.15) is 6.04 Å². The summed E-state index contributed by atoms with van der Waals surface area (Å²) in [7, 11) is 1.62. The summed E-state index contributed by atoms with van der Waals surface area (Å²) >= 11 is 0. The molecule has 1 N–H and O–H groups in total. The maximum atomic E-state index is 12.7. The molecule has 1 saturated heterocycles. The van der Waals surface area contributed by atoms with Crippen molar-refractivity contribution in [3.8, 4) is 0 Å². The molecule has 0 bridgehead atoms. The average Bonchev–Trinajstić information content (AvgIpc) is 2.53. The maximum absolute atomic E-state index is 12.7. The fourth-order valence-electron chi connectivity index (χ4n) is 2.77. The summed E-state index contributed by atoms with van der Waals surface area (Å²) in [6.45, 7) is 8.15. The van der Waals surface area contributed by atoms with Gasteiger partial charge in [-0.3, -0.25) is 14.5 Å². The van der Waals surface area contributed by atoms with Crippen molar-refractivity contribution in [2.45, 2.75) is 32.9 Å². The van der Waals surface area contributed by atoms with Gasteiger partial charge in [0.05, 0.1) is 0 Å². The fraction of sp³-hybridized carbons (Fsp3) is 0.529. The van der Waals surface area contributed by atoms with Crippen molar-refractivity contribution in [3.63, 3.8) is 0 Å². The third-order valence-corrected chi connectivity index (χ3v) is 4.25. The number of carbonyl (C=O) groups excluding carboxylic acids is 2. The molecular formula is C17H25N3O2. The molecule has 5 nitrogen and oxygen atoms in total. The van der Waals surface area contributed by atoms with Crippen LogP contribution in [0.25, 0.3) is 0 Å². The maximum Gasteiger partial charge on any atom is 0.254 e. The van der Waals surface area contributed by atoms with E-state index < -0.39 is 6.04 Å². The molecule has 2 rings (SSSR count). The number of aryl methyl sites for hydroxylation is 1. The van der Waals surface area contributed by atoms with Crippen LogP contribution in [0.2, 0.25) is 0 Å². The second kappa shape index (κ2) is 6.92. The van der Waals surface area contributed by atoms with Crippen molar-refractivity contribution < 1.29 is 9.59 Å². The van der Waals surface area contributed by atoms with Crippen molar-refractivity contribution in [1.29, 1.82) is 0 Å². The first kappa shape index (κ1) is 16.5. The molecule has 1 unspecified atom stereocenters. The number of piperazine rings is 1. The minimum absolute atomic E-state index is 0.0722. The largest absolute Gasteiger partial charge is 0.357 e. The van der Waals surface area contributed by atoms with Gasteiger partial charge in [-0.1, -0.05) is 17.7 Å². The summed E-state index contributed by atoms with van der Waals surface area (Å²) < 4.78 is 0. The SMILES string of the molecule is CNC(=O)C1CN(C(C)C)CCN1C(=O)c1ccc(C)cc1. The highest BCUT2D eigenvalue weighted by molar-refractivity contribution is 5.97. The van der Waals surface area contributed by atoms with Crippen molar-refractivity contribution in [2.24, 2.45) is 0 Å². The number of carbonyl (C=O) groups is 2. The van der Waals surface area contributed by atoms with Crippen LogP contribution in [0.3, 0.4) is 0 Å². The molecule has 2 amide bonds. The van der Waals surface area contributed by atoms with Crippen LogP contribution < -0.4 is 5.32 Å². The fourth-order valence-corrected chi connectivity index (χ4v) is 2.77. The lowest BCUT2D eigenvalue weighted by atomic mass is 10.1. The molecule has 1 aromatic rings. The molecule has 1 atom stereocenters. The van der Waals surface area contributed by atoms with Crippen LogP contribution >= 0.6 is 0 Å². The van der Waals surface area contributed by atoms with E-state index >= 15 is 0 Å². The zero-order valence-electron chi connectivity index (χ0n) is 13.8. The van der Waals surface area contributed by atoms with Gasteiger partial charge >= 0.3 is 0 Å². The molecule has 0 saturated carbocycles. The number of likely N-dealkylation sites (N-methyl/N-ethyl adjacent to an activating group) is 1. The molecule has 1 fully saturated rings. The average molecular weight is 303 g/mol. The van der Waals surface area contributed by atoms with Crippen LogP contribution in [-0.4, -0.2) is 60.4 Å². The minimum Gasteiger partial charge on any atom is -0.357 e. The molecule has 22 heavy (non-hydrogen) atoms. The Bertz CT molecular complexity index is 539. The highest BCUT2D eigenvalue weighted by Gasteiger charge is 2.35. The van der Waals surface area contributed by atoms with Crippen LogP contribution in [0, 0.1) is 6.92 Å². The second-order valence-electron chi connectivity index (χ2n) is 6.08. The smallest absolute Gasteiger partial charge is 0.254 e. The summed E-state index contributed by atoms with van der Waals surface area (Å²) in [6.07, 6.45) is 0. The number of nitrogens with zero attached hydrogens (tertiary/aromatic N) is 2. The standard InChI is InChI=1S/C17H25N3O2/c1-12(2)19-9-10-20(15(11-19)16(21)18-4)17(22)14-7-5-13(3)6-8-14/h5-8,12,15H,9-11H2,1-4H3,(H,18,21). The lowest BCUT2D eigenvalue weighted by molar-refractivity contribution is -0.127. The molecule has 0 spiro atoms. The normalized spacial score (nSPS) is 19.3. The van der Waals surface area contributed by atoms with E-state index in [4.69, 9.17) is 0 Å². The second-order valence-corrected chi connectivity index (χ2v) is 6.08. The van der Waals surface area contributed by atoms with Crippen LogP contribution in [0.5, 0.6) is 0 Å². The van der Waals surface area contributed by atoms with E-state index in [1.807, 2.05) is 31.2 Å². The van der Waals surface area contributed by atoms with E-state index in [9.17, 15) is 9.59 Å². The Labute approximate surface area is 132 Å². The number of hydrogen-bond donors (Lipinski definition) is 1. The Morgan fingerprint density at radius 2 is 1.82 bits per heavy atom. The van der Waals surface area contributed by atoms with E-state index in [0.717, 1.165) is 12.1 Å². The van der Waals surface area contributed by atoms with E-state index in [0.29, 0.717) is 24.7 Å². The third-order valence-electron chi connectivity index (χ3n) is 4.25. The number of hydrogen-bond acceptors (Lipinski definition) is 3. The van der Waals surface area contributed by atoms with Gasteiger partial charge in [-0.2, -0.15) is 0 Å². The molecule has 120 valence electrons. The molecule has 1 aromatic carbocycles. The van der Waals surface area contributed by atoms with Crippen molar-refractivity contribution >= 4 is 11.8 Å². The van der Waals surface area contributed by atoms with Crippen molar-refractivity contribution in [2.75, 3.05) is 26.7 Å². The lowest BCUT2D eigenvalue weighted by Gasteiger charge is -2.42. The summed E-state index contributed by atoms with van der Waals surface area (Å²) in [5.74, 6) is -0.178. The molecular weight excluding hydrogens is 278 g/mol. The molecule has 0 aromatic heterocycles. The quantitative estimate of drug-likeness (QED) is 0.915. The van der Waals surface area contributed by atoms with Crippen LogP contribution in [0.4, 0.5) is 0 Å². The Morgan fingerprint density at radius 3 is 2.36 bits per heavy atom. The van der Waals surface area contributed by atoms with Gasteiger partial charge in [0.25, 0.3) is 5.91 Å². The van der Waals surface area contributed by atoms with Gasteiger partial charge in [-0.15, -0.1) is 0 Å². The summed E-state index contributed by atoms with van der Waals surface area (Å²) in [4.78, 5) is 28.9. The Hall–Kier alpha value is -1.88. The first-order chi connectivity index (χ1) is 10.4. The minimum atomic E-state index is -0.435. The van der Waals surface area contributed by atoms with Crippen LogP contribution in [0.15, 0.2) is 24.3 Å². The zero-order valence-corrected chi connectivity index (χ0v) is 13.8. The van der Waals surface area contributed by atoms with Gasteiger partial charge < -0.3 is 10.2 Å². The number of amides is 2. The number of rotatable bonds is 3. The van der Waals surface area contributed by atoms with Gasteiger partial charge in [-0.05, 0) is 32.9 Å². The summed E-state index contributed by atoms with van der Waals surface area (Å²) in [6, 6.07) is 7.43. The van der Waals surface area contributed by atoms with Crippen molar-refractivity contribution in [1.82, 2.24) is 15.1 Å². The van der Waals surface area contributed by atoms with E-state index in [1.165, 1.54) is 0 Å². The highest BCUT2D eigenvalue weighted by atomic mass is 16.2. The zero-order chi connectivity index (χ0) is 16.3. The summed E-state index contributed by atoms with van der Waals surface area (Å²) in [5.41, 5.74) is 1.75. The first-order valence-electron chi connectivity index (χ1n) is 7.77. The molecule has 0 radical (unpaired) electrons. The predicted molar refractivity (Wildman–Crippen MR) is 86.8 cm³/mol. The summed E-state index contributed by atoms with van der Waals surface area (Å²) in [5, 5.41) is 2.68. The van der Waals surface area contributed by atoms with Gasteiger partial charge in [0.15, 0.2) is 0 Å². The number of nitrogens with one attached hydrogen (secondary N) is 1. The Morgan fingerprint density at radius 1 is 1.18 bits per heavy atom. The van der Waals surface area contributed by atoms with Gasteiger partial charge in [0, 0.05) is 38.3 Å². The third kappa shape index (κ3) is 3.47. The highest BCUT2D eigenvalue weighted by Crippen LogP contribution is 2.17. The van der Waals surface area contributed by atoms with Gasteiger partial charge in [0.2, 0.25) is 5.91 Å². The molecule has 0 aliphatic carbocycles. The lowest BCUT2D eigenvalue weighted by Crippen LogP contribution is -2.61. The van der Waals surface area contributed by atoms with Gasteiger partial charge in [-0.25, -0.2) is 0 Å². The van der Waals surface area contributed by atoms with E-state index in [-0.39, 0.29) is 11.8 Å². The molecule has 1 aliphatic heterocycles. The Kier molecular flexibility index (Phi) is 5.19. The molecule has 1 heterocycles. The molecule has 1 aliphatic rings. The topological polar surface area (TPSA) is 52.7 Å². The van der Waals surface area contributed by atoms with Crippen molar-refractivity contribution in [3.05, 3.63) is 35.4 Å². The van der Waals surface area contributed by atoms with E-state index in [2.05, 4.69) is 24.1 Å². The first-order valence-corrected chi connectivity index (χ1v) is 7.77. The van der Waals surface area contributed by atoms with Crippen LogP contribution in [0.1, 0.15) is 29.8 Å². The Balaban J connectivity index is 2.21. The van der Waals surface area contributed by atoms with Crippen LogP contribution in [-0.2, 0) is 4.79 Å². The van der Waals surface area contributed by atoms with E-state index in [1.54, 1.807) is 11.9 Å². The monoisotopic (exact) mass is 303 g/mol. The number of benzene rings is 1.